The van der Waals surface area contributed by atoms with Gasteiger partial charge in [-0.2, -0.15) is 0 Å². The smallest absolute Gasteiger partial charge is 0.344 e. The number of aromatic nitrogens is 1. The van der Waals surface area contributed by atoms with Gasteiger partial charge in [0.1, 0.15) is 28.7 Å². The van der Waals surface area contributed by atoms with E-state index in [2.05, 4.69) is 19.0 Å². The summed E-state index contributed by atoms with van der Waals surface area (Å²) in [5, 5.41) is 50.9. The fourth-order valence-corrected chi connectivity index (χ4v) is 8.47. The molecule has 4 aliphatic carbocycles. The number of aliphatic hydroxyl groups is 4. The van der Waals surface area contributed by atoms with Gasteiger partial charge in [0.2, 0.25) is 0 Å². The summed E-state index contributed by atoms with van der Waals surface area (Å²) in [5.41, 5.74) is -1.50. The van der Waals surface area contributed by atoms with E-state index in [1.165, 1.54) is 0 Å². The van der Waals surface area contributed by atoms with Crippen LogP contribution in [0.15, 0.2) is 58.2 Å². The molecular weight excluding hydrogens is 498 g/mol. The molecular formula is C31H37NO7. The summed E-state index contributed by atoms with van der Waals surface area (Å²) in [6.07, 6.45) is 0.440. The summed E-state index contributed by atoms with van der Waals surface area (Å²) in [6.45, 7) is 9.24. The minimum absolute atomic E-state index is 0.00509. The van der Waals surface area contributed by atoms with E-state index < -0.39 is 41.9 Å². The molecule has 4 N–H and O–H groups in total. The molecule has 0 amide bonds. The average molecular weight is 536 g/mol. The first-order valence-electron chi connectivity index (χ1n) is 13.7. The highest BCUT2D eigenvalue weighted by Gasteiger charge is 2.76. The van der Waals surface area contributed by atoms with Crippen LogP contribution in [0.1, 0.15) is 50.2 Å². The maximum atomic E-state index is 13.8. The van der Waals surface area contributed by atoms with Crippen molar-refractivity contribution in [1.29, 1.82) is 0 Å². The lowest BCUT2D eigenvalue weighted by Crippen LogP contribution is -2.66. The van der Waals surface area contributed by atoms with E-state index in [0.29, 0.717) is 22.7 Å². The van der Waals surface area contributed by atoms with Gasteiger partial charge in [-0.15, -0.1) is 0 Å². The van der Waals surface area contributed by atoms with Gasteiger partial charge in [-0.3, -0.25) is 0 Å². The molecule has 9 atom stereocenters. The van der Waals surface area contributed by atoms with Crippen molar-refractivity contribution in [2.45, 2.75) is 65.0 Å². The Labute approximate surface area is 228 Å². The second-order valence-corrected chi connectivity index (χ2v) is 12.7. The first-order valence-corrected chi connectivity index (χ1v) is 13.7. The molecule has 0 radical (unpaired) electrons. The van der Waals surface area contributed by atoms with Gasteiger partial charge in [0, 0.05) is 11.5 Å². The van der Waals surface area contributed by atoms with Crippen molar-refractivity contribution in [3.05, 3.63) is 65.0 Å². The van der Waals surface area contributed by atoms with E-state index in [9.17, 15) is 25.2 Å². The van der Waals surface area contributed by atoms with Crippen molar-refractivity contribution in [3.63, 3.8) is 0 Å². The van der Waals surface area contributed by atoms with Gasteiger partial charge in [0.15, 0.2) is 6.10 Å². The predicted molar refractivity (Wildman–Crippen MR) is 142 cm³/mol. The second-order valence-electron chi connectivity index (χ2n) is 12.7. The minimum Gasteiger partial charge on any atom is -0.451 e. The largest absolute Gasteiger partial charge is 0.451 e. The normalized spacial score (nSPS) is 40.0. The van der Waals surface area contributed by atoms with Gasteiger partial charge in [-0.05, 0) is 54.6 Å². The number of fused-ring (bicyclic) bond motifs is 3. The summed E-state index contributed by atoms with van der Waals surface area (Å²) in [6, 6.07) is 9.12. The lowest BCUT2D eigenvalue weighted by atomic mass is 9.58. The highest BCUT2D eigenvalue weighted by molar-refractivity contribution is 5.97. The van der Waals surface area contributed by atoms with Gasteiger partial charge in [-0.1, -0.05) is 68.4 Å². The number of carbonyl (C=O) groups is 1. The van der Waals surface area contributed by atoms with Gasteiger partial charge >= 0.3 is 5.97 Å². The van der Waals surface area contributed by atoms with Gasteiger partial charge in [0.25, 0.3) is 0 Å². The monoisotopic (exact) mass is 535 g/mol. The number of nitrogens with zero attached hydrogens (tertiary/aromatic N) is 1. The molecule has 0 aliphatic heterocycles. The second kappa shape index (κ2) is 8.61. The van der Waals surface area contributed by atoms with Crippen LogP contribution in [0.2, 0.25) is 0 Å². The molecule has 1 aromatic heterocycles. The third-order valence-electron chi connectivity index (χ3n) is 10.5. The number of rotatable bonds is 4. The number of hydrogen-bond acceptors (Lipinski definition) is 8. The van der Waals surface area contributed by atoms with Gasteiger partial charge < -0.3 is 29.7 Å². The van der Waals surface area contributed by atoms with Crippen LogP contribution in [-0.2, 0) is 4.74 Å². The number of carbonyl (C=O) groups excluding carboxylic acids is 1. The van der Waals surface area contributed by atoms with Crippen LogP contribution < -0.4 is 0 Å². The van der Waals surface area contributed by atoms with Crippen molar-refractivity contribution in [3.8, 4) is 11.3 Å². The van der Waals surface area contributed by atoms with Crippen LogP contribution >= 0.6 is 0 Å². The molecule has 1 heterocycles. The zero-order valence-electron chi connectivity index (χ0n) is 23.0. The topological polar surface area (TPSA) is 133 Å². The molecule has 8 nitrogen and oxygen atoms in total. The van der Waals surface area contributed by atoms with E-state index in [1.54, 1.807) is 32.1 Å². The third-order valence-corrected chi connectivity index (χ3v) is 10.5. The van der Waals surface area contributed by atoms with Crippen LogP contribution in [0.4, 0.5) is 0 Å². The molecule has 0 saturated heterocycles. The van der Waals surface area contributed by atoms with Crippen LogP contribution in [0.5, 0.6) is 0 Å². The fourth-order valence-electron chi connectivity index (χ4n) is 8.47. The number of hydrogen-bond donors (Lipinski definition) is 4. The van der Waals surface area contributed by atoms with E-state index in [4.69, 9.17) is 9.26 Å². The first-order chi connectivity index (χ1) is 18.4. The summed E-state index contributed by atoms with van der Waals surface area (Å²) < 4.78 is 11.4. The quantitative estimate of drug-likeness (QED) is 0.346. The summed E-state index contributed by atoms with van der Waals surface area (Å²) >= 11 is 0. The minimum atomic E-state index is -2.10. The van der Waals surface area contributed by atoms with Crippen molar-refractivity contribution in [2.24, 2.45) is 34.5 Å². The molecule has 6 rings (SSSR count). The molecule has 2 fully saturated rings. The summed E-state index contributed by atoms with van der Waals surface area (Å²) in [7, 11) is 0. The molecule has 1 unspecified atom stereocenters. The van der Waals surface area contributed by atoms with E-state index in [-0.39, 0.29) is 40.1 Å². The summed E-state index contributed by atoms with van der Waals surface area (Å²) in [5.74, 6) is -0.627. The van der Waals surface area contributed by atoms with E-state index >= 15 is 0 Å². The highest BCUT2D eigenvalue weighted by Crippen LogP contribution is 2.72. The molecule has 8 heteroatoms. The van der Waals surface area contributed by atoms with Gasteiger partial charge in [0.05, 0.1) is 18.1 Å². The number of aryl methyl sites for hydroxylation is 1. The van der Waals surface area contributed by atoms with Crippen molar-refractivity contribution < 1.29 is 34.5 Å². The number of ether oxygens (including phenoxy) is 1. The Morgan fingerprint density at radius 3 is 2.54 bits per heavy atom. The zero-order chi connectivity index (χ0) is 28.1. The Kier molecular flexibility index (Phi) is 5.84. The highest BCUT2D eigenvalue weighted by atomic mass is 16.6. The molecule has 2 saturated carbocycles. The lowest BCUT2D eigenvalue weighted by molar-refractivity contribution is -0.215. The van der Waals surface area contributed by atoms with Crippen molar-refractivity contribution >= 4 is 5.97 Å². The molecule has 208 valence electrons. The van der Waals surface area contributed by atoms with Crippen LogP contribution in [0, 0.1) is 41.4 Å². The van der Waals surface area contributed by atoms with Crippen molar-refractivity contribution in [1.82, 2.24) is 5.16 Å². The molecule has 2 aromatic rings. The van der Waals surface area contributed by atoms with E-state index in [0.717, 1.165) is 6.42 Å². The number of aliphatic hydroxyl groups excluding tert-OH is 3. The van der Waals surface area contributed by atoms with Crippen LogP contribution in [0.25, 0.3) is 11.3 Å². The Morgan fingerprint density at radius 2 is 1.87 bits per heavy atom. The first kappa shape index (κ1) is 26.4. The van der Waals surface area contributed by atoms with Gasteiger partial charge in [-0.25, -0.2) is 4.79 Å². The fraction of sp³-hybridized carbons (Fsp3) is 0.548. The molecule has 39 heavy (non-hydrogen) atoms. The third kappa shape index (κ3) is 3.32. The standard InChI is InChI=1S/C31H37NO7/c1-15-13-30-16(2)11-21-23(29(21,4)5)20(26(30)35)12-19(14-33)25(34)31(30,37)27(15)38-28(36)22-17(3)39-32-24(22)18-9-7-6-8-10-18/h6-10,12-13,16,20-21,23,25-27,33-35,37H,11,14H2,1-5H3/t16-,20+,21-,23+,25-,26?,27+,30+,31+/m1/s1. The molecule has 2 bridgehead atoms. The number of esters is 1. The lowest BCUT2D eigenvalue weighted by Gasteiger charge is -2.52. The Hall–Kier alpha value is -2.78. The Balaban J connectivity index is 1.45. The van der Waals surface area contributed by atoms with Crippen LogP contribution in [-0.4, -0.2) is 62.1 Å². The van der Waals surface area contributed by atoms with Crippen molar-refractivity contribution in [2.75, 3.05) is 6.61 Å². The van der Waals surface area contributed by atoms with Crippen LogP contribution in [0.3, 0.4) is 0 Å². The molecule has 1 spiro atoms. The molecule has 1 aromatic carbocycles. The molecule has 4 aliphatic rings. The number of benzene rings is 1. The maximum absolute atomic E-state index is 13.8. The Bertz CT molecular complexity index is 1380. The predicted octanol–water partition coefficient (Wildman–Crippen LogP) is 3.44. The van der Waals surface area contributed by atoms with E-state index in [1.807, 2.05) is 31.2 Å². The average Bonchev–Trinajstić information content (AvgIpc) is 3.17. The zero-order valence-corrected chi connectivity index (χ0v) is 23.0. The summed E-state index contributed by atoms with van der Waals surface area (Å²) in [4.78, 5) is 13.8. The maximum Gasteiger partial charge on any atom is 0.344 e. The Morgan fingerprint density at radius 1 is 1.18 bits per heavy atom. The SMILES string of the molecule is CC1=C[C@]23C(O)[C@@H](C=C(CO)[C@@H](O)[C@]2(O)[C@H]1OC(=O)c1c(-c2ccccc2)noc1C)[C@H]1[C@@H](C[C@H]3C)C1(C)C.